The first-order chi connectivity index (χ1) is 7.56. The van der Waals surface area contributed by atoms with Crippen molar-refractivity contribution < 1.29 is 4.39 Å². The van der Waals surface area contributed by atoms with Crippen LogP contribution in [-0.2, 0) is 0 Å². The Balaban J connectivity index is 2.95. The molecule has 90 valence electrons. The van der Waals surface area contributed by atoms with E-state index in [1.165, 1.54) is 6.07 Å². The molecule has 1 nitrogen and oxygen atoms in total. The fraction of sp³-hybridized carbons (Fsp3) is 0.538. The van der Waals surface area contributed by atoms with E-state index >= 15 is 0 Å². The van der Waals surface area contributed by atoms with E-state index in [0.29, 0.717) is 16.5 Å². The van der Waals surface area contributed by atoms with Gasteiger partial charge in [0.05, 0.1) is 0 Å². The third-order valence-electron chi connectivity index (χ3n) is 2.57. The van der Waals surface area contributed by atoms with Crippen molar-refractivity contribution in [3.8, 4) is 0 Å². The number of halogens is 2. The van der Waals surface area contributed by atoms with Crippen LogP contribution in [0.3, 0.4) is 0 Å². The van der Waals surface area contributed by atoms with Crippen molar-refractivity contribution in [2.24, 2.45) is 5.92 Å². The highest BCUT2D eigenvalue weighted by molar-refractivity contribution is 6.30. The van der Waals surface area contributed by atoms with Crippen LogP contribution in [-0.4, -0.2) is 6.54 Å². The molecule has 0 aliphatic carbocycles. The smallest absolute Gasteiger partial charge is 0.128 e. The quantitative estimate of drug-likeness (QED) is 0.818. The Bertz CT molecular complexity index is 339. The van der Waals surface area contributed by atoms with Crippen molar-refractivity contribution in [3.05, 3.63) is 34.6 Å². The van der Waals surface area contributed by atoms with Crippen LogP contribution in [0.2, 0.25) is 5.02 Å². The Hall–Kier alpha value is -0.600. The highest BCUT2D eigenvalue weighted by Gasteiger charge is 2.18. The number of hydrogen-bond acceptors (Lipinski definition) is 1. The summed E-state index contributed by atoms with van der Waals surface area (Å²) in [4.78, 5) is 0. The van der Waals surface area contributed by atoms with Gasteiger partial charge in [-0.2, -0.15) is 0 Å². The summed E-state index contributed by atoms with van der Waals surface area (Å²) >= 11 is 5.91. The zero-order chi connectivity index (χ0) is 12.1. The Morgan fingerprint density at radius 3 is 2.62 bits per heavy atom. The molecule has 0 heterocycles. The molecule has 3 heteroatoms. The number of hydrogen-bond donors (Lipinski definition) is 1. The molecule has 0 spiro atoms. The number of rotatable bonds is 5. The second-order valence-corrected chi connectivity index (χ2v) is 4.78. The van der Waals surface area contributed by atoms with Crippen LogP contribution >= 0.6 is 11.6 Å². The Kier molecular flexibility index (Phi) is 5.23. The van der Waals surface area contributed by atoms with Gasteiger partial charge in [0.25, 0.3) is 0 Å². The van der Waals surface area contributed by atoms with E-state index in [0.717, 1.165) is 13.0 Å². The molecule has 1 aromatic carbocycles. The molecule has 0 bridgehead atoms. The molecule has 0 fully saturated rings. The molecule has 1 atom stereocenters. The summed E-state index contributed by atoms with van der Waals surface area (Å²) in [7, 11) is 0. The lowest BCUT2D eigenvalue weighted by atomic mass is 9.95. The molecule has 1 aromatic rings. The summed E-state index contributed by atoms with van der Waals surface area (Å²) < 4.78 is 13.7. The second kappa shape index (κ2) is 6.21. The maximum absolute atomic E-state index is 13.7. The van der Waals surface area contributed by atoms with E-state index in [1.807, 2.05) is 0 Å². The van der Waals surface area contributed by atoms with Gasteiger partial charge in [0.2, 0.25) is 0 Å². The van der Waals surface area contributed by atoms with Gasteiger partial charge in [-0.3, -0.25) is 0 Å². The van der Waals surface area contributed by atoms with E-state index in [9.17, 15) is 4.39 Å². The van der Waals surface area contributed by atoms with Gasteiger partial charge in [-0.15, -0.1) is 0 Å². The lowest BCUT2D eigenvalue weighted by Crippen LogP contribution is -2.27. The molecule has 0 saturated heterocycles. The fourth-order valence-corrected chi connectivity index (χ4v) is 1.94. The predicted molar refractivity (Wildman–Crippen MR) is 67.3 cm³/mol. The third kappa shape index (κ3) is 3.46. The summed E-state index contributed by atoms with van der Waals surface area (Å²) in [5.41, 5.74) is 0.663. The first-order valence-corrected chi connectivity index (χ1v) is 6.12. The molecule has 1 N–H and O–H groups in total. The minimum Gasteiger partial charge on any atom is -0.310 e. The van der Waals surface area contributed by atoms with Gasteiger partial charge in [-0.25, -0.2) is 4.39 Å². The van der Waals surface area contributed by atoms with E-state index in [-0.39, 0.29) is 11.9 Å². The van der Waals surface area contributed by atoms with Crippen LogP contribution in [0.1, 0.15) is 38.8 Å². The van der Waals surface area contributed by atoms with Crippen LogP contribution in [0.4, 0.5) is 4.39 Å². The van der Waals surface area contributed by atoms with Gasteiger partial charge in [-0.1, -0.05) is 32.4 Å². The molecule has 0 saturated carbocycles. The summed E-state index contributed by atoms with van der Waals surface area (Å²) in [6.45, 7) is 7.13. The van der Waals surface area contributed by atoms with Crippen molar-refractivity contribution in [1.82, 2.24) is 5.32 Å². The average molecular weight is 244 g/mol. The van der Waals surface area contributed by atoms with E-state index in [1.54, 1.807) is 12.1 Å². The largest absolute Gasteiger partial charge is 0.310 e. The van der Waals surface area contributed by atoms with Crippen LogP contribution in [0.15, 0.2) is 18.2 Å². The lowest BCUT2D eigenvalue weighted by Gasteiger charge is -2.23. The highest BCUT2D eigenvalue weighted by Crippen LogP contribution is 2.26. The minimum atomic E-state index is -0.188. The Morgan fingerprint density at radius 1 is 1.38 bits per heavy atom. The molecular weight excluding hydrogens is 225 g/mol. The third-order valence-corrected chi connectivity index (χ3v) is 2.81. The lowest BCUT2D eigenvalue weighted by molar-refractivity contribution is 0.398. The molecule has 1 unspecified atom stereocenters. The van der Waals surface area contributed by atoms with E-state index in [2.05, 4.69) is 26.1 Å². The van der Waals surface area contributed by atoms with Crippen LogP contribution < -0.4 is 5.32 Å². The van der Waals surface area contributed by atoms with E-state index in [4.69, 9.17) is 11.6 Å². The zero-order valence-electron chi connectivity index (χ0n) is 10.1. The minimum absolute atomic E-state index is 0.0265. The topological polar surface area (TPSA) is 12.0 Å². The first kappa shape index (κ1) is 13.5. The van der Waals surface area contributed by atoms with Crippen molar-refractivity contribution in [2.75, 3.05) is 6.54 Å². The molecule has 1 rings (SSSR count). The number of benzene rings is 1. The molecule has 0 radical (unpaired) electrons. The van der Waals surface area contributed by atoms with E-state index < -0.39 is 0 Å². The fourth-order valence-electron chi connectivity index (χ4n) is 1.76. The highest BCUT2D eigenvalue weighted by atomic mass is 35.5. The Labute approximate surface area is 102 Å². The van der Waals surface area contributed by atoms with Gasteiger partial charge in [-0.05, 0) is 37.1 Å². The normalized spacial score (nSPS) is 13.1. The second-order valence-electron chi connectivity index (χ2n) is 4.34. The van der Waals surface area contributed by atoms with Crippen LogP contribution in [0.25, 0.3) is 0 Å². The molecule has 0 aromatic heterocycles. The molecule has 0 amide bonds. The molecule has 0 aliphatic heterocycles. The van der Waals surface area contributed by atoms with Gasteiger partial charge >= 0.3 is 0 Å². The molecular formula is C13H19ClFN. The average Bonchev–Trinajstić information content (AvgIpc) is 2.23. The van der Waals surface area contributed by atoms with Gasteiger partial charge in [0.1, 0.15) is 5.82 Å². The Morgan fingerprint density at radius 2 is 2.06 bits per heavy atom. The van der Waals surface area contributed by atoms with Gasteiger partial charge in [0, 0.05) is 16.6 Å². The zero-order valence-corrected chi connectivity index (χ0v) is 10.8. The number of nitrogens with one attached hydrogen (secondary N) is 1. The van der Waals surface area contributed by atoms with Crippen molar-refractivity contribution in [2.45, 2.75) is 33.2 Å². The van der Waals surface area contributed by atoms with Crippen LogP contribution in [0, 0.1) is 11.7 Å². The molecule has 0 aliphatic rings. The maximum atomic E-state index is 13.7. The van der Waals surface area contributed by atoms with Gasteiger partial charge < -0.3 is 5.32 Å². The SMILES string of the molecule is CCCNC(c1cc(Cl)ccc1F)C(C)C. The van der Waals surface area contributed by atoms with Crippen LogP contribution in [0.5, 0.6) is 0 Å². The summed E-state index contributed by atoms with van der Waals surface area (Å²) in [6, 6.07) is 4.75. The van der Waals surface area contributed by atoms with Gasteiger partial charge in [0.15, 0.2) is 0 Å². The summed E-state index contributed by atoms with van der Waals surface area (Å²) in [6.07, 6.45) is 1.03. The predicted octanol–water partition coefficient (Wildman–Crippen LogP) is 4.18. The molecule has 16 heavy (non-hydrogen) atoms. The first-order valence-electron chi connectivity index (χ1n) is 5.74. The maximum Gasteiger partial charge on any atom is 0.128 e. The standard InChI is InChI=1S/C13H19ClFN/c1-4-7-16-13(9(2)3)11-8-10(14)5-6-12(11)15/h5-6,8-9,13,16H,4,7H2,1-3H3. The monoisotopic (exact) mass is 243 g/mol. The summed E-state index contributed by atoms with van der Waals surface area (Å²) in [5.74, 6) is 0.145. The van der Waals surface area contributed by atoms with Crippen molar-refractivity contribution in [1.29, 1.82) is 0 Å². The van der Waals surface area contributed by atoms with Crippen molar-refractivity contribution >= 4 is 11.6 Å². The van der Waals surface area contributed by atoms with Crippen molar-refractivity contribution in [3.63, 3.8) is 0 Å². The summed E-state index contributed by atoms with van der Waals surface area (Å²) in [5, 5.41) is 3.94.